The lowest BCUT2D eigenvalue weighted by atomic mass is 9.86. The van der Waals surface area contributed by atoms with Gasteiger partial charge in [-0.2, -0.15) is 0 Å². The minimum atomic E-state index is -2.30. The van der Waals surface area contributed by atoms with Gasteiger partial charge in [0.15, 0.2) is 6.61 Å². The van der Waals surface area contributed by atoms with Crippen LogP contribution in [0, 0.1) is 0 Å². The third-order valence-corrected chi connectivity index (χ3v) is 9.59. The van der Waals surface area contributed by atoms with E-state index in [1.54, 1.807) is 59.5 Å². The molecule has 1 aromatic heterocycles. The molecule has 2 amide bonds. The number of piperidine rings is 1. The Balaban J connectivity index is 0.960. The number of benzene rings is 4. The van der Waals surface area contributed by atoms with Gasteiger partial charge < -0.3 is 45.7 Å². The van der Waals surface area contributed by atoms with E-state index in [2.05, 4.69) is 15.6 Å². The number of likely N-dealkylation sites (tertiary alicyclic amines) is 1. The number of ether oxygens (including phenoxy) is 1. The maximum Gasteiger partial charge on any atom is 0.345 e. The van der Waals surface area contributed by atoms with Gasteiger partial charge in [0.25, 0.3) is 11.8 Å². The number of carbonyl (C=O) groups is 3. The molecule has 13 heteroatoms. The highest BCUT2D eigenvalue weighted by atomic mass is 16.5. The van der Waals surface area contributed by atoms with Crippen molar-refractivity contribution in [3.8, 4) is 11.5 Å². The molecule has 6 rings (SSSR count). The second kappa shape index (κ2) is 16.8. The predicted octanol–water partition coefficient (Wildman–Crippen LogP) is 3.22. The number of hydrogen-bond acceptors (Lipinski definition) is 9. The lowest BCUT2D eigenvalue weighted by Gasteiger charge is -2.33. The third kappa shape index (κ3) is 8.60. The predicted molar refractivity (Wildman–Crippen MR) is 200 cm³/mol. The molecular weight excluding hydrogens is 692 g/mol. The molecule has 1 fully saturated rings. The molecule has 13 nitrogen and oxygen atoms in total. The summed E-state index contributed by atoms with van der Waals surface area (Å²) in [6.07, 6.45) is 1.19. The van der Waals surface area contributed by atoms with Gasteiger partial charge in [-0.05, 0) is 78.9 Å². The van der Waals surface area contributed by atoms with Gasteiger partial charge in [0, 0.05) is 48.3 Å². The number of carbonyl (C=O) groups excluding carboxylic acids is 2. The van der Waals surface area contributed by atoms with Crippen LogP contribution in [-0.2, 0) is 21.6 Å². The number of carboxylic acid groups (broad SMARTS) is 1. The number of aromatic amines is 1. The molecule has 1 aliphatic heterocycles. The van der Waals surface area contributed by atoms with Crippen LogP contribution in [-0.4, -0.2) is 86.9 Å². The van der Waals surface area contributed by atoms with Crippen molar-refractivity contribution in [1.29, 1.82) is 0 Å². The molecule has 280 valence electrons. The number of phenols is 1. The van der Waals surface area contributed by atoms with Crippen LogP contribution in [0.1, 0.15) is 51.6 Å². The first kappa shape index (κ1) is 37.7. The Bertz CT molecular complexity index is 2170. The van der Waals surface area contributed by atoms with Crippen LogP contribution in [0.2, 0.25) is 0 Å². The number of aromatic nitrogens is 1. The van der Waals surface area contributed by atoms with Gasteiger partial charge >= 0.3 is 5.97 Å². The SMILES string of the molecule is O=C(COc1cccc(C(O)(C(=O)O)c2ccccc2)c1)N[C@H]1CCCN(C(=O)c2ccc(CCNCC(O)c3ccc(O)c4[nH]c(=O)ccc34)cc2)C1. The topological polar surface area (TPSA) is 202 Å². The molecule has 7 N–H and O–H groups in total. The maximum atomic E-state index is 13.4. The van der Waals surface area contributed by atoms with Crippen LogP contribution in [0.3, 0.4) is 0 Å². The van der Waals surface area contributed by atoms with Gasteiger partial charge in [-0.3, -0.25) is 14.4 Å². The molecule has 0 spiro atoms. The van der Waals surface area contributed by atoms with E-state index >= 15 is 0 Å². The van der Waals surface area contributed by atoms with E-state index in [1.807, 2.05) is 12.1 Å². The number of aromatic hydroxyl groups is 1. The summed E-state index contributed by atoms with van der Waals surface area (Å²) in [4.78, 5) is 54.4. The van der Waals surface area contributed by atoms with Crippen LogP contribution in [0.25, 0.3) is 10.9 Å². The first-order valence-electron chi connectivity index (χ1n) is 17.7. The Morgan fingerprint density at radius 2 is 1.70 bits per heavy atom. The molecule has 0 bridgehead atoms. The molecule has 3 atom stereocenters. The third-order valence-electron chi connectivity index (χ3n) is 9.59. The molecule has 5 aromatic rings. The molecule has 0 aliphatic carbocycles. The fourth-order valence-electron chi connectivity index (χ4n) is 6.73. The molecule has 2 unspecified atom stereocenters. The van der Waals surface area contributed by atoms with Crippen molar-refractivity contribution in [1.82, 2.24) is 20.5 Å². The van der Waals surface area contributed by atoms with Crippen LogP contribution in [0.4, 0.5) is 0 Å². The highest BCUT2D eigenvalue weighted by Gasteiger charge is 2.40. The van der Waals surface area contributed by atoms with E-state index in [0.717, 1.165) is 5.56 Å². The monoisotopic (exact) mass is 734 g/mol. The minimum absolute atomic E-state index is 0.0668. The van der Waals surface area contributed by atoms with E-state index in [-0.39, 0.29) is 58.8 Å². The fourth-order valence-corrected chi connectivity index (χ4v) is 6.73. The summed E-state index contributed by atoms with van der Waals surface area (Å²) in [6.45, 7) is 1.38. The highest BCUT2D eigenvalue weighted by molar-refractivity contribution is 5.94. The van der Waals surface area contributed by atoms with E-state index in [9.17, 15) is 39.6 Å². The van der Waals surface area contributed by atoms with Crippen LogP contribution in [0.15, 0.2) is 108 Å². The van der Waals surface area contributed by atoms with Gasteiger partial charge in [-0.25, -0.2) is 4.79 Å². The number of hydrogen-bond donors (Lipinski definition) is 7. The van der Waals surface area contributed by atoms with Crippen molar-refractivity contribution in [3.63, 3.8) is 0 Å². The lowest BCUT2D eigenvalue weighted by Crippen LogP contribution is -2.50. The van der Waals surface area contributed by atoms with Crippen molar-refractivity contribution < 1.29 is 39.5 Å². The first-order valence-corrected chi connectivity index (χ1v) is 17.7. The molecule has 0 saturated carbocycles. The number of nitrogens with zero attached hydrogens (tertiary/aromatic N) is 1. The average Bonchev–Trinajstić information content (AvgIpc) is 3.19. The summed E-state index contributed by atoms with van der Waals surface area (Å²) < 4.78 is 5.67. The Kier molecular flexibility index (Phi) is 11.7. The standard InChI is InChI=1S/C41H42N4O9/c46-34-17-15-32(33-16-18-36(48)44-38(33)34)35(47)23-42-20-19-26-11-13-27(14-12-26)39(50)45-21-5-9-30(24-45)43-37(49)25-54-31-10-4-8-29(22-31)41(53,40(51)52)28-6-2-1-3-7-28/h1-4,6-8,10-18,22,30,35,42,46-47,53H,5,9,19-21,23-25H2,(H,43,49)(H,44,48)(H,51,52)/t30-,35?,41?/m0/s1. The number of pyridine rings is 1. The number of carboxylic acids is 1. The number of phenolic OH excluding ortho intramolecular Hbond substituents is 1. The summed E-state index contributed by atoms with van der Waals surface area (Å²) in [5.74, 6) is -1.82. The van der Waals surface area contributed by atoms with Crippen molar-refractivity contribution in [3.05, 3.63) is 141 Å². The zero-order chi connectivity index (χ0) is 38.2. The smallest absolute Gasteiger partial charge is 0.345 e. The normalized spacial score (nSPS) is 16.0. The number of rotatable bonds is 14. The molecule has 0 radical (unpaired) electrons. The zero-order valence-corrected chi connectivity index (χ0v) is 29.4. The van der Waals surface area contributed by atoms with Gasteiger partial charge in [-0.1, -0.05) is 60.7 Å². The second-order valence-electron chi connectivity index (χ2n) is 13.3. The van der Waals surface area contributed by atoms with Gasteiger partial charge in [-0.15, -0.1) is 0 Å². The van der Waals surface area contributed by atoms with Crippen molar-refractivity contribution in [2.75, 3.05) is 32.8 Å². The van der Waals surface area contributed by atoms with Crippen molar-refractivity contribution >= 4 is 28.7 Å². The molecule has 1 saturated heterocycles. The van der Waals surface area contributed by atoms with Crippen LogP contribution >= 0.6 is 0 Å². The Labute approximate surface area is 310 Å². The Morgan fingerprint density at radius 3 is 2.46 bits per heavy atom. The number of H-pyrrole nitrogens is 1. The van der Waals surface area contributed by atoms with E-state index in [1.165, 1.54) is 36.4 Å². The molecule has 1 aliphatic rings. The largest absolute Gasteiger partial charge is 0.506 e. The summed E-state index contributed by atoms with van der Waals surface area (Å²) in [7, 11) is 0. The number of aliphatic hydroxyl groups is 2. The fraction of sp³-hybridized carbons (Fsp3) is 0.268. The van der Waals surface area contributed by atoms with Gasteiger partial charge in [0.1, 0.15) is 11.5 Å². The maximum absolute atomic E-state index is 13.4. The Morgan fingerprint density at radius 1 is 0.944 bits per heavy atom. The number of aliphatic hydroxyl groups excluding tert-OH is 1. The quantitative estimate of drug-likeness (QED) is 0.0831. The highest BCUT2D eigenvalue weighted by Crippen LogP contribution is 2.32. The number of amides is 2. The summed E-state index contributed by atoms with van der Waals surface area (Å²) in [5.41, 5.74) is 0.0235. The number of aliphatic carboxylic acids is 1. The van der Waals surface area contributed by atoms with Crippen LogP contribution < -0.4 is 20.9 Å². The lowest BCUT2D eigenvalue weighted by molar-refractivity contribution is -0.155. The zero-order valence-electron chi connectivity index (χ0n) is 29.4. The molecule has 2 heterocycles. The first-order chi connectivity index (χ1) is 26.0. The number of nitrogens with one attached hydrogen (secondary N) is 3. The molecule has 4 aromatic carbocycles. The van der Waals surface area contributed by atoms with E-state index in [4.69, 9.17) is 4.74 Å². The molecule has 54 heavy (non-hydrogen) atoms. The van der Waals surface area contributed by atoms with E-state index in [0.29, 0.717) is 55.4 Å². The van der Waals surface area contributed by atoms with Gasteiger partial charge in [0.05, 0.1) is 11.6 Å². The summed E-state index contributed by atoms with van der Waals surface area (Å²) in [5, 5.41) is 48.7. The second-order valence-corrected chi connectivity index (χ2v) is 13.3. The van der Waals surface area contributed by atoms with Gasteiger partial charge in [0.2, 0.25) is 11.2 Å². The van der Waals surface area contributed by atoms with Crippen molar-refractivity contribution in [2.45, 2.75) is 37.0 Å². The minimum Gasteiger partial charge on any atom is -0.506 e. The van der Waals surface area contributed by atoms with Crippen LogP contribution in [0.5, 0.6) is 11.5 Å². The molecular formula is C41H42N4O9. The Hall–Kier alpha value is -6.02. The summed E-state index contributed by atoms with van der Waals surface area (Å²) >= 11 is 0. The average molecular weight is 735 g/mol. The van der Waals surface area contributed by atoms with Crippen molar-refractivity contribution in [2.24, 2.45) is 0 Å². The summed E-state index contributed by atoms with van der Waals surface area (Å²) in [6, 6.07) is 27.1. The van der Waals surface area contributed by atoms with E-state index < -0.39 is 23.6 Å². The number of fused-ring (bicyclic) bond motifs is 1.